The van der Waals surface area contributed by atoms with Crippen molar-refractivity contribution in [3.05, 3.63) is 50.9 Å². The van der Waals surface area contributed by atoms with Gasteiger partial charge in [0, 0.05) is 6.08 Å². The third-order valence-electron chi connectivity index (χ3n) is 2.72. The SMILES string of the molecule is C[C@](O)(CNC(=O)/C=C/c1ccsc1)c1ccsc1. The van der Waals surface area contributed by atoms with Gasteiger partial charge in [0.05, 0.1) is 6.54 Å². The first kappa shape index (κ1) is 14.0. The predicted octanol–water partition coefficient (Wildman–Crippen LogP) is 2.85. The van der Waals surface area contributed by atoms with Crippen molar-refractivity contribution in [2.75, 3.05) is 6.54 Å². The average Bonchev–Trinajstić information content (AvgIpc) is 3.06. The number of hydrogen-bond acceptors (Lipinski definition) is 4. The van der Waals surface area contributed by atoms with E-state index >= 15 is 0 Å². The lowest BCUT2D eigenvalue weighted by Gasteiger charge is -2.22. The first-order valence-corrected chi connectivity index (χ1v) is 7.70. The van der Waals surface area contributed by atoms with Crippen LogP contribution < -0.4 is 5.32 Å². The van der Waals surface area contributed by atoms with Crippen LogP contribution in [0.15, 0.2) is 39.7 Å². The number of rotatable bonds is 5. The largest absolute Gasteiger partial charge is 0.384 e. The molecule has 5 heteroatoms. The van der Waals surface area contributed by atoms with Crippen molar-refractivity contribution in [3.8, 4) is 0 Å². The Kier molecular flexibility index (Phi) is 4.52. The van der Waals surface area contributed by atoms with Gasteiger partial charge in [0.1, 0.15) is 5.60 Å². The van der Waals surface area contributed by atoms with Crippen molar-refractivity contribution in [1.29, 1.82) is 0 Å². The zero-order valence-electron chi connectivity index (χ0n) is 10.5. The molecule has 3 nitrogen and oxygen atoms in total. The van der Waals surface area contributed by atoms with Gasteiger partial charge in [-0.05, 0) is 57.8 Å². The third-order valence-corrected chi connectivity index (χ3v) is 4.10. The molecule has 2 aromatic rings. The van der Waals surface area contributed by atoms with Crippen LogP contribution in [0.5, 0.6) is 0 Å². The number of nitrogens with one attached hydrogen (secondary N) is 1. The van der Waals surface area contributed by atoms with E-state index in [0.29, 0.717) is 0 Å². The molecule has 100 valence electrons. The lowest BCUT2D eigenvalue weighted by Crippen LogP contribution is -2.37. The van der Waals surface area contributed by atoms with E-state index in [4.69, 9.17) is 0 Å². The molecule has 0 fully saturated rings. The van der Waals surface area contributed by atoms with Crippen LogP contribution in [0.25, 0.3) is 6.08 Å². The molecule has 2 N–H and O–H groups in total. The summed E-state index contributed by atoms with van der Waals surface area (Å²) in [5.41, 5.74) is 0.788. The Labute approximate surface area is 120 Å². The van der Waals surface area contributed by atoms with Crippen LogP contribution in [0.1, 0.15) is 18.1 Å². The van der Waals surface area contributed by atoms with Gasteiger partial charge in [0.2, 0.25) is 5.91 Å². The second-order valence-corrected chi connectivity index (χ2v) is 5.95. The van der Waals surface area contributed by atoms with Crippen molar-refractivity contribution in [1.82, 2.24) is 5.32 Å². The fourth-order valence-corrected chi connectivity index (χ4v) is 2.94. The van der Waals surface area contributed by atoms with Gasteiger partial charge in [-0.2, -0.15) is 22.7 Å². The summed E-state index contributed by atoms with van der Waals surface area (Å²) in [5, 5.41) is 20.7. The minimum Gasteiger partial charge on any atom is -0.384 e. The van der Waals surface area contributed by atoms with Crippen LogP contribution in [-0.2, 0) is 10.4 Å². The molecule has 0 saturated carbocycles. The molecule has 0 bridgehead atoms. The van der Waals surface area contributed by atoms with E-state index in [1.807, 2.05) is 33.7 Å². The lowest BCUT2D eigenvalue weighted by molar-refractivity contribution is -0.117. The van der Waals surface area contributed by atoms with E-state index in [-0.39, 0.29) is 12.5 Å². The molecule has 0 aliphatic rings. The van der Waals surface area contributed by atoms with Gasteiger partial charge in [-0.25, -0.2) is 0 Å². The molecule has 0 spiro atoms. The van der Waals surface area contributed by atoms with Gasteiger partial charge < -0.3 is 10.4 Å². The van der Waals surface area contributed by atoms with Crippen LogP contribution >= 0.6 is 22.7 Å². The monoisotopic (exact) mass is 293 g/mol. The second kappa shape index (κ2) is 6.14. The molecule has 19 heavy (non-hydrogen) atoms. The van der Waals surface area contributed by atoms with Crippen molar-refractivity contribution in [2.45, 2.75) is 12.5 Å². The summed E-state index contributed by atoms with van der Waals surface area (Å²) in [7, 11) is 0. The fraction of sp³-hybridized carbons (Fsp3) is 0.214. The molecule has 0 saturated heterocycles. The van der Waals surface area contributed by atoms with E-state index in [9.17, 15) is 9.90 Å². The molecular formula is C14H15NO2S2. The number of carbonyl (C=O) groups is 1. The van der Waals surface area contributed by atoms with Gasteiger partial charge in [-0.1, -0.05) is 0 Å². The second-order valence-electron chi connectivity index (χ2n) is 4.39. The first-order valence-electron chi connectivity index (χ1n) is 5.81. The number of hydrogen-bond donors (Lipinski definition) is 2. The Morgan fingerprint density at radius 3 is 2.74 bits per heavy atom. The molecule has 2 aromatic heterocycles. The van der Waals surface area contributed by atoms with E-state index in [1.165, 1.54) is 17.4 Å². The lowest BCUT2D eigenvalue weighted by atomic mass is 9.99. The standard InChI is InChI=1S/C14H15NO2S2/c1-14(17,12-5-7-19-9-12)10-15-13(16)3-2-11-4-6-18-8-11/h2-9,17H,10H2,1H3,(H,15,16)/b3-2+/t14-/m0/s1. The topological polar surface area (TPSA) is 49.3 Å². The zero-order valence-corrected chi connectivity index (χ0v) is 12.1. The number of aliphatic hydroxyl groups is 1. The van der Waals surface area contributed by atoms with Gasteiger partial charge in [0.15, 0.2) is 0 Å². The summed E-state index contributed by atoms with van der Waals surface area (Å²) < 4.78 is 0. The molecule has 2 heterocycles. The minimum absolute atomic E-state index is 0.191. The van der Waals surface area contributed by atoms with Gasteiger partial charge in [-0.15, -0.1) is 0 Å². The van der Waals surface area contributed by atoms with Crippen molar-refractivity contribution in [2.24, 2.45) is 0 Å². The highest BCUT2D eigenvalue weighted by Crippen LogP contribution is 2.21. The minimum atomic E-state index is -1.04. The fourth-order valence-electron chi connectivity index (χ4n) is 1.53. The first-order chi connectivity index (χ1) is 9.08. The number of carbonyl (C=O) groups excluding carboxylic acids is 1. The highest BCUT2D eigenvalue weighted by Gasteiger charge is 2.23. The maximum Gasteiger partial charge on any atom is 0.244 e. The quantitative estimate of drug-likeness (QED) is 0.833. The average molecular weight is 293 g/mol. The molecule has 0 unspecified atom stereocenters. The van der Waals surface area contributed by atoms with Gasteiger partial charge in [0.25, 0.3) is 0 Å². The molecule has 0 aliphatic carbocycles. The van der Waals surface area contributed by atoms with Crippen molar-refractivity contribution < 1.29 is 9.90 Å². The van der Waals surface area contributed by atoms with Crippen LogP contribution in [-0.4, -0.2) is 17.6 Å². The number of thiophene rings is 2. The third kappa shape index (κ3) is 4.02. The van der Waals surface area contributed by atoms with E-state index in [0.717, 1.165) is 11.1 Å². The van der Waals surface area contributed by atoms with Crippen LogP contribution in [0.4, 0.5) is 0 Å². The van der Waals surface area contributed by atoms with E-state index in [2.05, 4.69) is 5.32 Å². The summed E-state index contributed by atoms with van der Waals surface area (Å²) in [5.74, 6) is -0.207. The molecule has 1 amide bonds. The molecule has 0 radical (unpaired) electrons. The highest BCUT2D eigenvalue weighted by molar-refractivity contribution is 7.08. The summed E-state index contributed by atoms with van der Waals surface area (Å²) in [6, 6.07) is 3.80. The molecule has 0 aromatic carbocycles. The summed E-state index contributed by atoms with van der Waals surface area (Å²) in [6.07, 6.45) is 3.23. The molecular weight excluding hydrogens is 278 g/mol. The smallest absolute Gasteiger partial charge is 0.244 e. The van der Waals surface area contributed by atoms with Crippen LogP contribution in [0, 0.1) is 0 Å². The Morgan fingerprint density at radius 2 is 2.11 bits per heavy atom. The Bertz CT molecular complexity index is 542. The van der Waals surface area contributed by atoms with Crippen molar-refractivity contribution >= 4 is 34.7 Å². The molecule has 0 aliphatic heterocycles. The van der Waals surface area contributed by atoms with E-state index in [1.54, 1.807) is 24.3 Å². The van der Waals surface area contributed by atoms with Crippen LogP contribution in [0.2, 0.25) is 0 Å². The highest BCUT2D eigenvalue weighted by atomic mass is 32.1. The van der Waals surface area contributed by atoms with Crippen molar-refractivity contribution in [3.63, 3.8) is 0 Å². The van der Waals surface area contributed by atoms with Gasteiger partial charge >= 0.3 is 0 Å². The Hall–Kier alpha value is -1.43. The molecule has 2 rings (SSSR count). The Morgan fingerprint density at radius 1 is 1.37 bits per heavy atom. The Balaban J connectivity index is 1.87. The predicted molar refractivity (Wildman–Crippen MR) is 80.3 cm³/mol. The van der Waals surface area contributed by atoms with Crippen LogP contribution in [0.3, 0.4) is 0 Å². The molecule has 1 atom stereocenters. The summed E-state index contributed by atoms with van der Waals surface area (Å²) in [6.45, 7) is 1.88. The number of amides is 1. The maximum absolute atomic E-state index is 11.7. The summed E-state index contributed by atoms with van der Waals surface area (Å²) in [4.78, 5) is 11.7. The normalized spacial score (nSPS) is 14.4. The zero-order chi connectivity index (χ0) is 13.7. The summed E-state index contributed by atoms with van der Waals surface area (Å²) >= 11 is 3.11. The van der Waals surface area contributed by atoms with Gasteiger partial charge in [-0.3, -0.25) is 4.79 Å². The maximum atomic E-state index is 11.7. The van der Waals surface area contributed by atoms with E-state index < -0.39 is 5.60 Å².